The Labute approximate surface area is 111 Å². The molecule has 3 rings (SSSR count). The fraction of sp³-hybridized carbons (Fsp3) is 0.214. The van der Waals surface area contributed by atoms with E-state index in [1.165, 1.54) is 11.9 Å². The second-order valence-electron chi connectivity index (χ2n) is 4.45. The van der Waals surface area contributed by atoms with E-state index in [9.17, 15) is 0 Å². The Bertz CT molecular complexity index is 675. The van der Waals surface area contributed by atoms with Crippen molar-refractivity contribution in [3.63, 3.8) is 0 Å². The molecule has 0 aliphatic heterocycles. The normalized spacial score (nSPS) is 10.9. The fourth-order valence-electron chi connectivity index (χ4n) is 2.15. The number of nitrogens with zero attached hydrogens (tertiary/aromatic N) is 4. The third-order valence-corrected chi connectivity index (χ3v) is 3.14. The van der Waals surface area contributed by atoms with Crippen molar-refractivity contribution >= 4 is 16.9 Å². The Morgan fingerprint density at radius 1 is 1.11 bits per heavy atom. The SMILES string of the molecule is Nc1ncnc2c1cnn2CCCc1ccccc1. The molecule has 0 aliphatic rings. The van der Waals surface area contributed by atoms with E-state index in [2.05, 4.69) is 39.3 Å². The standard InChI is InChI=1S/C14H15N5/c15-13-12-9-18-19(14(12)17-10-16-13)8-4-7-11-5-2-1-3-6-11/h1-3,5-6,9-10H,4,7-8H2,(H2,15,16,17). The molecule has 0 saturated heterocycles. The largest absolute Gasteiger partial charge is 0.383 e. The average molecular weight is 253 g/mol. The van der Waals surface area contributed by atoms with Gasteiger partial charge in [0.15, 0.2) is 5.65 Å². The van der Waals surface area contributed by atoms with Crippen LogP contribution in [0.4, 0.5) is 5.82 Å². The summed E-state index contributed by atoms with van der Waals surface area (Å²) in [4.78, 5) is 8.20. The van der Waals surface area contributed by atoms with Crippen LogP contribution in [0, 0.1) is 0 Å². The number of hydrogen-bond donors (Lipinski definition) is 1. The van der Waals surface area contributed by atoms with E-state index in [1.54, 1.807) is 6.20 Å². The molecule has 0 amide bonds. The lowest BCUT2D eigenvalue weighted by molar-refractivity contribution is 0.591. The van der Waals surface area contributed by atoms with Crippen LogP contribution in [-0.4, -0.2) is 19.7 Å². The molecule has 0 saturated carbocycles. The Hall–Kier alpha value is -2.43. The highest BCUT2D eigenvalue weighted by Crippen LogP contribution is 2.15. The van der Waals surface area contributed by atoms with Crippen LogP contribution in [0.3, 0.4) is 0 Å². The van der Waals surface area contributed by atoms with Gasteiger partial charge >= 0.3 is 0 Å². The zero-order valence-corrected chi connectivity index (χ0v) is 10.5. The maximum atomic E-state index is 5.78. The summed E-state index contributed by atoms with van der Waals surface area (Å²) < 4.78 is 1.89. The molecule has 19 heavy (non-hydrogen) atoms. The maximum absolute atomic E-state index is 5.78. The Morgan fingerprint density at radius 3 is 2.79 bits per heavy atom. The molecule has 0 unspecified atom stereocenters. The van der Waals surface area contributed by atoms with Crippen molar-refractivity contribution in [2.24, 2.45) is 0 Å². The molecule has 0 bridgehead atoms. The first-order valence-corrected chi connectivity index (χ1v) is 6.30. The van der Waals surface area contributed by atoms with Gasteiger partial charge in [-0.05, 0) is 18.4 Å². The first-order chi connectivity index (χ1) is 9.34. The van der Waals surface area contributed by atoms with E-state index in [0.717, 1.165) is 30.4 Å². The van der Waals surface area contributed by atoms with Gasteiger partial charge in [0, 0.05) is 6.54 Å². The minimum absolute atomic E-state index is 0.485. The number of nitrogen functional groups attached to an aromatic ring is 1. The highest BCUT2D eigenvalue weighted by molar-refractivity contribution is 5.84. The van der Waals surface area contributed by atoms with E-state index in [0.29, 0.717) is 5.82 Å². The average Bonchev–Trinajstić information content (AvgIpc) is 2.85. The number of aryl methyl sites for hydroxylation is 2. The van der Waals surface area contributed by atoms with Gasteiger partial charge in [0.2, 0.25) is 0 Å². The van der Waals surface area contributed by atoms with Crippen molar-refractivity contribution < 1.29 is 0 Å². The molecule has 5 heteroatoms. The van der Waals surface area contributed by atoms with Gasteiger partial charge < -0.3 is 5.73 Å². The van der Waals surface area contributed by atoms with Gasteiger partial charge in [-0.15, -0.1) is 0 Å². The van der Waals surface area contributed by atoms with Crippen LogP contribution in [0.15, 0.2) is 42.9 Å². The lowest BCUT2D eigenvalue weighted by Gasteiger charge is -2.03. The summed E-state index contributed by atoms with van der Waals surface area (Å²) in [6.07, 6.45) is 5.26. The summed E-state index contributed by atoms with van der Waals surface area (Å²) in [5.74, 6) is 0.485. The third-order valence-electron chi connectivity index (χ3n) is 3.14. The van der Waals surface area contributed by atoms with Crippen molar-refractivity contribution in [1.29, 1.82) is 0 Å². The topological polar surface area (TPSA) is 69.6 Å². The van der Waals surface area contributed by atoms with E-state index in [-0.39, 0.29) is 0 Å². The molecule has 0 fully saturated rings. The van der Waals surface area contributed by atoms with Gasteiger partial charge in [0.25, 0.3) is 0 Å². The van der Waals surface area contributed by atoms with Crippen LogP contribution in [0.2, 0.25) is 0 Å². The predicted octanol–water partition coefficient (Wildman–Crippen LogP) is 2.04. The monoisotopic (exact) mass is 253 g/mol. The Kier molecular flexibility index (Phi) is 3.10. The minimum Gasteiger partial charge on any atom is -0.383 e. The molecule has 3 aromatic rings. The number of rotatable bonds is 4. The second kappa shape index (κ2) is 5.06. The molecule has 0 radical (unpaired) electrons. The van der Waals surface area contributed by atoms with Gasteiger partial charge in [0.05, 0.1) is 11.6 Å². The number of benzene rings is 1. The third kappa shape index (κ3) is 2.40. The first-order valence-electron chi connectivity index (χ1n) is 6.30. The summed E-state index contributed by atoms with van der Waals surface area (Å²) in [6, 6.07) is 10.4. The van der Waals surface area contributed by atoms with Crippen molar-refractivity contribution in [3.8, 4) is 0 Å². The smallest absolute Gasteiger partial charge is 0.163 e. The number of aromatic nitrogens is 4. The summed E-state index contributed by atoms with van der Waals surface area (Å²) >= 11 is 0. The molecular weight excluding hydrogens is 238 g/mol. The number of hydrogen-bond acceptors (Lipinski definition) is 4. The molecule has 2 heterocycles. The van der Waals surface area contributed by atoms with E-state index in [1.807, 2.05) is 10.7 Å². The summed E-state index contributed by atoms with van der Waals surface area (Å²) in [7, 11) is 0. The molecule has 0 spiro atoms. The van der Waals surface area contributed by atoms with Crippen LogP contribution >= 0.6 is 0 Å². The lowest BCUT2D eigenvalue weighted by Crippen LogP contribution is -2.03. The van der Waals surface area contributed by atoms with E-state index < -0.39 is 0 Å². The molecule has 0 aliphatic carbocycles. The predicted molar refractivity (Wildman–Crippen MR) is 74.5 cm³/mol. The van der Waals surface area contributed by atoms with Gasteiger partial charge in [0.1, 0.15) is 12.1 Å². The van der Waals surface area contributed by atoms with Gasteiger partial charge in [-0.25, -0.2) is 14.6 Å². The zero-order chi connectivity index (χ0) is 13.1. The minimum atomic E-state index is 0.485. The van der Waals surface area contributed by atoms with Gasteiger partial charge in [-0.1, -0.05) is 30.3 Å². The number of anilines is 1. The van der Waals surface area contributed by atoms with Crippen LogP contribution in [0.25, 0.3) is 11.0 Å². The Morgan fingerprint density at radius 2 is 1.95 bits per heavy atom. The molecule has 2 aromatic heterocycles. The molecule has 2 N–H and O–H groups in total. The van der Waals surface area contributed by atoms with E-state index in [4.69, 9.17) is 5.73 Å². The molecule has 5 nitrogen and oxygen atoms in total. The number of nitrogens with two attached hydrogens (primary N) is 1. The van der Waals surface area contributed by atoms with E-state index >= 15 is 0 Å². The van der Waals surface area contributed by atoms with Gasteiger partial charge in [-0.3, -0.25) is 0 Å². The molecule has 96 valence electrons. The fourth-order valence-corrected chi connectivity index (χ4v) is 2.15. The lowest BCUT2D eigenvalue weighted by atomic mass is 10.1. The maximum Gasteiger partial charge on any atom is 0.163 e. The van der Waals surface area contributed by atoms with Crippen LogP contribution < -0.4 is 5.73 Å². The second-order valence-corrected chi connectivity index (χ2v) is 4.45. The highest BCUT2D eigenvalue weighted by atomic mass is 15.3. The molecular formula is C14H15N5. The van der Waals surface area contributed by atoms with Crippen molar-refractivity contribution in [1.82, 2.24) is 19.7 Å². The molecule has 1 aromatic carbocycles. The zero-order valence-electron chi connectivity index (χ0n) is 10.5. The molecule has 0 atom stereocenters. The summed E-state index contributed by atoms with van der Waals surface area (Å²) in [6.45, 7) is 0.828. The van der Waals surface area contributed by atoms with Crippen LogP contribution in [-0.2, 0) is 13.0 Å². The number of fused-ring (bicyclic) bond motifs is 1. The van der Waals surface area contributed by atoms with Crippen molar-refractivity contribution in [3.05, 3.63) is 48.4 Å². The summed E-state index contributed by atoms with van der Waals surface area (Å²) in [5.41, 5.74) is 7.93. The van der Waals surface area contributed by atoms with Crippen molar-refractivity contribution in [2.75, 3.05) is 5.73 Å². The van der Waals surface area contributed by atoms with Crippen LogP contribution in [0.5, 0.6) is 0 Å². The van der Waals surface area contributed by atoms with Gasteiger partial charge in [-0.2, -0.15) is 5.10 Å². The first kappa shape index (κ1) is 11.6. The summed E-state index contributed by atoms with van der Waals surface area (Å²) in [5, 5.41) is 5.14. The quantitative estimate of drug-likeness (QED) is 0.772. The highest BCUT2D eigenvalue weighted by Gasteiger charge is 2.06. The van der Waals surface area contributed by atoms with Crippen LogP contribution in [0.1, 0.15) is 12.0 Å². The van der Waals surface area contributed by atoms with Crippen molar-refractivity contribution in [2.45, 2.75) is 19.4 Å². The Balaban J connectivity index is 1.71.